The number of anilines is 1. The average Bonchev–Trinajstić information content (AvgIpc) is 3.29. The van der Waals surface area contributed by atoms with Crippen molar-refractivity contribution in [2.75, 3.05) is 11.9 Å². The zero-order valence-corrected chi connectivity index (χ0v) is 13.8. The molecule has 0 atom stereocenters. The van der Waals surface area contributed by atoms with E-state index in [1.807, 2.05) is 6.07 Å². The Bertz CT molecular complexity index is 957. The summed E-state index contributed by atoms with van der Waals surface area (Å²) >= 11 is 0. The minimum Gasteiger partial charge on any atom is -0.360 e. The van der Waals surface area contributed by atoms with Crippen molar-refractivity contribution in [1.82, 2.24) is 25.3 Å². The third-order valence-electron chi connectivity index (χ3n) is 3.36. The van der Waals surface area contributed by atoms with E-state index in [4.69, 9.17) is 5.26 Å². The minimum atomic E-state index is -3.70. The highest BCUT2D eigenvalue weighted by Crippen LogP contribution is 2.17. The SMILES string of the molecule is N#CC(=CNc1cccc(S(=O)(=O)NC2=NCCC2)c1)c1nn[nH]n1. The van der Waals surface area contributed by atoms with E-state index in [1.165, 1.54) is 18.3 Å². The number of nitriles is 1. The first-order valence-corrected chi connectivity index (χ1v) is 8.83. The lowest BCUT2D eigenvalue weighted by atomic mass is 10.3. The van der Waals surface area contributed by atoms with Crippen LogP contribution in [0.5, 0.6) is 0 Å². The molecular weight excluding hydrogens is 344 g/mol. The number of aliphatic imine (C=N–C) groups is 1. The van der Waals surface area contributed by atoms with Crippen molar-refractivity contribution < 1.29 is 8.42 Å². The summed E-state index contributed by atoms with van der Waals surface area (Å²) in [5.41, 5.74) is 0.646. The highest BCUT2D eigenvalue weighted by atomic mass is 32.2. The van der Waals surface area contributed by atoms with Gasteiger partial charge in [0, 0.05) is 24.9 Å². The molecule has 0 aliphatic carbocycles. The van der Waals surface area contributed by atoms with Gasteiger partial charge in [-0.25, -0.2) is 8.42 Å². The Labute approximate surface area is 143 Å². The first-order valence-electron chi connectivity index (χ1n) is 7.35. The molecule has 25 heavy (non-hydrogen) atoms. The Hall–Kier alpha value is -3.26. The van der Waals surface area contributed by atoms with E-state index in [1.54, 1.807) is 12.1 Å². The number of allylic oxidation sites excluding steroid dienone is 1. The Morgan fingerprint density at radius 3 is 2.96 bits per heavy atom. The fourth-order valence-corrected chi connectivity index (χ4v) is 3.30. The molecule has 0 radical (unpaired) electrons. The predicted molar refractivity (Wildman–Crippen MR) is 89.7 cm³/mol. The second kappa shape index (κ2) is 7.10. The molecule has 3 rings (SSSR count). The Balaban J connectivity index is 1.78. The normalized spacial score (nSPS) is 14.7. The summed E-state index contributed by atoms with van der Waals surface area (Å²) < 4.78 is 27.3. The van der Waals surface area contributed by atoms with E-state index in [0.29, 0.717) is 24.5 Å². The molecule has 0 saturated carbocycles. The molecular formula is C14H14N8O2S. The molecule has 128 valence electrons. The molecule has 0 unspecified atom stereocenters. The van der Waals surface area contributed by atoms with Crippen LogP contribution in [0.15, 0.2) is 40.4 Å². The molecule has 0 amide bonds. The van der Waals surface area contributed by atoms with Crippen LogP contribution in [0.2, 0.25) is 0 Å². The van der Waals surface area contributed by atoms with Crippen molar-refractivity contribution in [2.45, 2.75) is 17.7 Å². The summed E-state index contributed by atoms with van der Waals surface area (Å²) in [6.07, 6.45) is 2.85. The molecule has 1 aromatic carbocycles. The fourth-order valence-electron chi connectivity index (χ4n) is 2.17. The van der Waals surface area contributed by atoms with Gasteiger partial charge in [-0.15, -0.1) is 10.2 Å². The topological polar surface area (TPSA) is 149 Å². The number of benzene rings is 1. The number of nitrogens with one attached hydrogen (secondary N) is 3. The van der Waals surface area contributed by atoms with Crippen LogP contribution >= 0.6 is 0 Å². The van der Waals surface area contributed by atoms with Crippen molar-refractivity contribution in [3.63, 3.8) is 0 Å². The summed E-state index contributed by atoms with van der Waals surface area (Å²) in [7, 11) is -3.70. The van der Waals surface area contributed by atoms with Gasteiger partial charge in [-0.1, -0.05) is 6.07 Å². The maximum Gasteiger partial charge on any atom is 0.262 e. The second-order valence-corrected chi connectivity index (χ2v) is 6.80. The molecule has 1 aliphatic heterocycles. The van der Waals surface area contributed by atoms with Crippen LogP contribution in [0.4, 0.5) is 5.69 Å². The van der Waals surface area contributed by atoms with E-state index in [-0.39, 0.29) is 16.3 Å². The maximum absolute atomic E-state index is 12.4. The first kappa shape index (κ1) is 16.6. The molecule has 10 nitrogen and oxygen atoms in total. The minimum absolute atomic E-state index is 0.0959. The lowest BCUT2D eigenvalue weighted by Crippen LogP contribution is -2.29. The van der Waals surface area contributed by atoms with E-state index >= 15 is 0 Å². The van der Waals surface area contributed by atoms with Crippen molar-refractivity contribution in [3.05, 3.63) is 36.3 Å². The number of H-pyrrole nitrogens is 1. The van der Waals surface area contributed by atoms with Crippen LogP contribution in [0.1, 0.15) is 18.7 Å². The summed E-state index contributed by atoms with van der Waals surface area (Å²) in [4.78, 5) is 4.21. The molecule has 0 fully saturated rings. The van der Waals surface area contributed by atoms with Gasteiger partial charge in [-0.05, 0) is 29.8 Å². The molecule has 1 aliphatic rings. The number of sulfonamides is 1. The van der Waals surface area contributed by atoms with Crippen LogP contribution in [0.25, 0.3) is 5.57 Å². The van der Waals surface area contributed by atoms with Crippen LogP contribution < -0.4 is 10.0 Å². The van der Waals surface area contributed by atoms with Gasteiger partial charge in [0.15, 0.2) is 0 Å². The van der Waals surface area contributed by atoms with Gasteiger partial charge in [0.2, 0.25) is 5.82 Å². The molecule has 1 aromatic heterocycles. The van der Waals surface area contributed by atoms with E-state index < -0.39 is 10.0 Å². The van der Waals surface area contributed by atoms with E-state index in [9.17, 15) is 8.42 Å². The van der Waals surface area contributed by atoms with Gasteiger partial charge in [-0.3, -0.25) is 9.71 Å². The number of aromatic nitrogens is 4. The van der Waals surface area contributed by atoms with Crippen LogP contribution in [0.3, 0.4) is 0 Å². The highest BCUT2D eigenvalue weighted by Gasteiger charge is 2.18. The molecule has 2 aromatic rings. The van der Waals surface area contributed by atoms with Crippen molar-refractivity contribution >= 4 is 27.1 Å². The molecule has 2 heterocycles. The van der Waals surface area contributed by atoms with E-state index in [0.717, 1.165) is 6.42 Å². The number of aromatic amines is 1. The van der Waals surface area contributed by atoms with Crippen LogP contribution in [-0.4, -0.2) is 41.4 Å². The third kappa shape index (κ3) is 3.99. The smallest absolute Gasteiger partial charge is 0.262 e. The van der Waals surface area contributed by atoms with Gasteiger partial charge in [0.25, 0.3) is 10.0 Å². The number of hydrogen-bond donors (Lipinski definition) is 3. The van der Waals surface area contributed by atoms with Gasteiger partial charge < -0.3 is 5.32 Å². The van der Waals surface area contributed by atoms with E-state index in [2.05, 4.69) is 35.7 Å². The number of tetrazole rings is 1. The summed E-state index contributed by atoms with van der Waals surface area (Å²) in [5, 5.41) is 25.1. The second-order valence-electron chi connectivity index (χ2n) is 5.11. The number of hydrogen-bond acceptors (Lipinski definition) is 8. The summed E-state index contributed by atoms with van der Waals surface area (Å²) in [5.74, 6) is 0.613. The van der Waals surface area contributed by atoms with Crippen LogP contribution in [-0.2, 0) is 10.0 Å². The van der Waals surface area contributed by atoms with Gasteiger partial charge in [0.05, 0.1) is 4.90 Å². The maximum atomic E-state index is 12.4. The zero-order valence-electron chi connectivity index (χ0n) is 13.0. The molecule has 0 bridgehead atoms. The number of nitrogens with zero attached hydrogens (tertiary/aromatic N) is 5. The monoisotopic (exact) mass is 358 g/mol. The van der Waals surface area contributed by atoms with Gasteiger partial charge >= 0.3 is 0 Å². The molecule has 0 saturated heterocycles. The van der Waals surface area contributed by atoms with Crippen molar-refractivity contribution in [3.8, 4) is 6.07 Å². The standard InChI is InChI=1S/C14H14N8O2S/c15-8-10(14-18-21-22-19-14)9-17-11-3-1-4-12(7-11)25(23,24)20-13-5-2-6-16-13/h1,3-4,7,9,17H,2,5-6H2,(H,16,20)(H,18,19,21,22). The fraction of sp³-hybridized carbons (Fsp3) is 0.214. The third-order valence-corrected chi connectivity index (χ3v) is 4.74. The Morgan fingerprint density at radius 2 is 2.28 bits per heavy atom. The molecule has 11 heteroatoms. The lowest BCUT2D eigenvalue weighted by molar-refractivity contribution is 0.592. The van der Waals surface area contributed by atoms with Crippen LogP contribution in [0, 0.1) is 11.3 Å². The van der Waals surface area contributed by atoms with Gasteiger partial charge in [0.1, 0.15) is 17.5 Å². The predicted octanol–water partition coefficient (Wildman–Crippen LogP) is 0.647. The summed E-state index contributed by atoms with van der Waals surface area (Å²) in [6, 6.07) is 8.15. The lowest BCUT2D eigenvalue weighted by Gasteiger charge is -2.09. The zero-order chi connectivity index (χ0) is 17.7. The highest BCUT2D eigenvalue weighted by molar-refractivity contribution is 7.90. The van der Waals surface area contributed by atoms with Gasteiger partial charge in [-0.2, -0.15) is 10.5 Å². The number of amidine groups is 1. The average molecular weight is 358 g/mol. The largest absolute Gasteiger partial charge is 0.360 e. The molecule has 3 N–H and O–H groups in total. The quantitative estimate of drug-likeness (QED) is 0.664. The Kier molecular flexibility index (Phi) is 4.71. The Morgan fingerprint density at radius 1 is 1.40 bits per heavy atom. The van der Waals surface area contributed by atoms with Crippen molar-refractivity contribution in [2.24, 2.45) is 4.99 Å². The first-order chi connectivity index (χ1) is 12.1. The molecule has 0 spiro atoms. The van der Waals surface area contributed by atoms with Crippen molar-refractivity contribution in [1.29, 1.82) is 5.26 Å². The number of rotatable bonds is 5. The summed E-state index contributed by atoms with van der Waals surface area (Å²) in [6.45, 7) is 0.636.